The molecular weight excluding hydrogens is 366 g/mol. The summed E-state index contributed by atoms with van der Waals surface area (Å²) in [6.45, 7) is 4.63. The van der Waals surface area contributed by atoms with Gasteiger partial charge in [0, 0.05) is 18.3 Å². The molecule has 0 fully saturated rings. The van der Waals surface area contributed by atoms with Crippen molar-refractivity contribution in [2.45, 2.75) is 45.3 Å². The third-order valence-corrected chi connectivity index (χ3v) is 5.53. The van der Waals surface area contributed by atoms with Gasteiger partial charge in [0.25, 0.3) is 0 Å². The minimum atomic E-state index is -0.613. The highest BCUT2D eigenvalue weighted by molar-refractivity contribution is 5.98. The Labute approximate surface area is 172 Å². The van der Waals surface area contributed by atoms with Gasteiger partial charge >= 0.3 is 0 Å². The van der Waals surface area contributed by atoms with Crippen molar-refractivity contribution in [3.8, 4) is 5.75 Å². The van der Waals surface area contributed by atoms with Crippen molar-refractivity contribution < 1.29 is 14.3 Å². The summed E-state index contributed by atoms with van der Waals surface area (Å²) in [5.41, 5.74) is 3.03. The van der Waals surface area contributed by atoms with Crippen LogP contribution in [-0.4, -0.2) is 31.0 Å². The largest absolute Gasteiger partial charge is 0.497 e. The molecular formula is C23H29N3O3. The average molecular weight is 396 g/mol. The Morgan fingerprint density at radius 1 is 1.17 bits per heavy atom. The molecule has 0 bridgehead atoms. The highest BCUT2D eigenvalue weighted by Crippen LogP contribution is 2.19. The Balaban J connectivity index is 1.68. The number of methoxy groups -OCH3 is 1. The van der Waals surface area contributed by atoms with Crippen LogP contribution in [-0.2, 0) is 22.6 Å². The van der Waals surface area contributed by atoms with E-state index in [4.69, 9.17) is 4.74 Å². The first-order valence-electron chi connectivity index (χ1n) is 10.1. The number of carbonyl (C=O) groups excluding carboxylic acids is 2. The molecule has 3 N–H and O–H groups in total. The number of rotatable bonds is 7. The number of amides is 2. The number of hydrogen-bond donors (Lipinski definition) is 3. The molecule has 29 heavy (non-hydrogen) atoms. The SMILES string of the molecule is CCC(C)C(NC(=O)C1Cc2ccccc2CN1)C(=O)Nc1cccc(OC)c1. The number of fused-ring (bicyclic) bond motifs is 1. The minimum absolute atomic E-state index is 0.000402. The number of benzene rings is 2. The van der Waals surface area contributed by atoms with Crippen LogP contribution in [0.5, 0.6) is 5.75 Å². The number of nitrogens with one attached hydrogen (secondary N) is 3. The van der Waals surface area contributed by atoms with Crippen molar-refractivity contribution in [2.75, 3.05) is 12.4 Å². The Kier molecular flexibility index (Phi) is 6.88. The molecule has 0 aromatic heterocycles. The first-order valence-corrected chi connectivity index (χ1v) is 10.1. The highest BCUT2D eigenvalue weighted by atomic mass is 16.5. The van der Waals surface area contributed by atoms with Crippen LogP contribution in [0, 0.1) is 5.92 Å². The van der Waals surface area contributed by atoms with Crippen LogP contribution in [0.15, 0.2) is 48.5 Å². The van der Waals surface area contributed by atoms with Crippen LogP contribution < -0.4 is 20.7 Å². The molecule has 6 nitrogen and oxygen atoms in total. The van der Waals surface area contributed by atoms with E-state index in [1.165, 1.54) is 11.1 Å². The van der Waals surface area contributed by atoms with E-state index in [9.17, 15) is 9.59 Å². The summed E-state index contributed by atoms with van der Waals surface area (Å²) < 4.78 is 5.21. The smallest absolute Gasteiger partial charge is 0.247 e. The lowest BCUT2D eigenvalue weighted by Crippen LogP contribution is -2.55. The Morgan fingerprint density at radius 3 is 2.66 bits per heavy atom. The fourth-order valence-corrected chi connectivity index (χ4v) is 3.52. The van der Waals surface area contributed by atoms with E-state index in [0.29, 0.717) is 24.4 Å². The molecule has 3 atom stereocenters. The normalized spacial score (nSPS) is 17.6. The van der Waals surface area contributed by atoms with E-state index in [1.54, 1.807) is 19.2 Å². The van der Waals surface area contributed by atoms with Gasteiger partial charge in [0.2, 0.25) is 11.8 Å². The summed E-state index contributed by atoms with van der Waals surface area (Å²) in [4.78, 5) is 25.9. The predicted octanol–water partition coefficient (Wildman–Crippen LogP) is 2.88. The van der Waals surface area contributed by atoms with E-state index in [2.05, 4.69) is 28.1 Å². The van der Waals surface area contributed by atoms with Gasteiger partial charge in [-0.1, -0.05) is 50.6 Å². The van der Waals surface area contributed by atoms with Crippen LogP contribution in [0.4, 0.5) is 5.69 Å². The first kappa shape index (κ1) is 20.9. The molecule has 2 aromatic rings. The lowest BCUT2D eigenvalue weighted by Gasteiger charge is -2.29. The van der Waals surface area contributed by atoms with Crippen LogP contribution in [0.3, 0.4) is 0 Å². The van der Waals surface area contributed by atoms with Crippen LogP contribution >= 0.6 is 0 Å². The molecule has 0 aliphatic carbocycles. The monoisotopic (exact) mass is 395 g/mol. The third kappa shape index (κ3) is 5.15. The molecule has 3 rings (SSSR count). The molecule has 6 heteroatoms. The first-order chi connectivity index (χ1) is 14.0. The molecule has 0 spiro atoms. The maximum absolute atomic E-state index is 12.9. The molecule has 0 radical (unpaired) electrons. The maximum Gasteiger partial charge on any atom is 0.247 e. The van der Waals surface area contributed by atoms with Crippen molar-refractivity contribution >= 4 is 17.5 Å². The lowest BCUT2D eigenvalue weighted by atomic mass is 9.94. The van der Waals surface area contributed by atoms with E-state index >= 15 is 0 Å². The van der Waals surface area contributed by atoms with Gasteiger partial charge in [-0.3, -0.25) is 9.59 Å². The zero-order valence-electron chi connectivity index (χ0n) is 17.2. The molecule has 0 saturated carbocycles. The summed E-state index contributed by atoms with van der Waals surface area (Å²) >= 11 is 0. The number of carbonyl (C=O) groups is 2. The van der Waals surface area contributed by atoms with Crippen LogP contribution in [0.25, 0.3) is 0 Å². The standard InChI is InChI=1S/C23H29N3O3/c1-4-15(2)21(23(28)25-18-10-7-11-19(13-18)29-3)26-22(27)20-12-16-8-5-6-9-17(16)14-24-20/h5-11,13,15,20-21,24H,4,12,14H2,1-3H3,(H,25,28)(H,26,27). The minimum Gasteiger partial charge on any atom is -0.497 e. The molecule has 3 unspecified atom stereocenters. The van der Waals surface area contributed by atoms with Crippen molar-refractivity contribution in [1.29, 1.82) is 0 Å². The molecule has 2 amide bonds. The average Bonchev–Trinajstić information content (AvgIpc) is 2.76. The Morgan fingerprint density at radius 2 is 1.93 bits per heavy atom. The highest BCUT2D eigenvalue weighted by Gasteiger charge is 2.30. The van der Waals surface area contributed by atoms with Crippen LogP contribution in [0.2, 0.25) is 0 Å². The Hall–Kier alpha value is -2.86. The number of anilines is 1. The van der Waals surface area contributed by atoms with Gasteiger partial charge < -0.3 is 20.7 Å². The number of ether oxygens (including phenoxy) is 1. The van der Waals surface area contributed by atoms with Crippen molar-refractivity contribution in [3.63, 3.8) is 0 Å². The third-order valence-electron chi connectivity index (χ3n) is 5.53. The van der Waals surface area contributed by atoms with Gasteiger partial charge in [-0.05, 0) is 35.6 Å². The topological polar surface area (TPSA) is 79.5 Å². The summed E-state index contributed by atoms with van der Waals surface area (Å²) in [5, 5.41) is 9.15. The van der Waals surface area contributed by atoms with Crippen molar-refractivity contribution in [3.05, 3.63) is 59.7 Å². The van der Waals surface area contributed by atoms with Gasteiger partial charge in [-0.15, -0.1) is 0 Å². The van der Waals surface area contributed by atoms with Gasteiger partial charge in [-0.25, -0.2) is 0 Å². The van der Waals surface area contributed by atoms with Crippen molar-refractivity contribution in [1.82, 2.24) is 10.6 Å². The van der Waals surface area contributed by atoms with E-state index in [1.807, 2.05) is 38.1 Å². The molecule has 154 valence electrons. The van der Waals surface area contributed by atoms with Gasteiger partial charge in [0.05, 0.1) is 13.2 Å². The van der Waals surface area contributed by atoms with E-state index < -0.39 is 6.04 Å². The lowest BCUT2D eigenvalue weighted by molar-refractivity contribution is -0.129. The summed E-state index contributed by atoms with van der Waals surface area (Å²) in [7, 11) is 1.58. The van der Waals surface area contributed by atoms with Gasteiger partial charge in [0.1, 0.15) is 11.8 Å². The van der Waals surface area contributed by atoms with Gasteiger partial charge in [-0.2, -0.15) is 0 Å². The fraction of sp³-hybridized carbons (Fsp3) is 0.391. The Bertz CT molecular complexity index is 868. The molecule has 1 aliphatic heterocycles. The molecule has 2 aromatic carbocycles. The van der Waals surface area contributed by atoms with Gasteiger partial charge in [0.15, 0.2) is 0 Å². The zero-order valence-corrected chi connectivity index (χ0v) is 17.2. The fourth-order valence-electron chi connectivity index (χ4n) is 3.52. The molecule has 0 saturated heterocycles. The van der Waals surface area contributed by atoms with E-state index in [-0.39, 0.29) is 23.8 Å². The number of hydrogen-bond acceptors (Lipinski definition) is 4. The second-order valence-corrected chi connectivity index (χ2v) is 7.50. The van der Waals surface area contributed by atoms with Crippen molar-refractivity contribution in [2.24, 2.45) is 5.92 Å². The summed E-state index contributed by atoms with van der Waals surface area (Å²) in [5.74, 6) is 0.292. The quantitative estimate of drug-likeness (QED) is 0.674. The molecule has 1 heterocycles. The predicted molar refractivity (Wildman–Crippen MR) is 114 cm³/mol. The second kappa shape index (κ2) is 9.56. The summed E-state index contributed by atoms with van der Waals surface area (Å²) in [6.07, 6.45) is 1.39. The summed E-state index contributed by atoms with van der Waals surface area (Å²) in [6, 6.07) is 14.3. The maximum atomic E-state index is 12.9. The van der Waals surface area contributed by atoms with E-state index in [0.717, 1.165) is 6.42 Å². The molecule has 1 aliphatic rings. The van der Waals surface area contributed by atoms with Crippen LogP contribution in [0.1, 0.15) is 31.4 Å². The second-order valence-electron chi connectivity index (χ2n) is 7.50. The zero-order chi connectivity index (χ0) is 20.8.